The summed E-state index contributed by atoms with van der Waals surface area (Å²) < 4.78 is 16.5. The van der Waals surface area contributed by atoms with Gasteiger partial charge in [0.15, 0.2) is 5.82 Å². The number of hydrogen-bond acceptors (Lipinski definition) is 10. The van der Waals surface area contributed by atoms with Crippen LogP contribution >= 0.6 is 0 Å². The third kappa shape index (κ3) is 3.54. The Kier molecular flexibility index (Phi) is 5.06. The first kappa shape index (κ1) is 17.8. The highest BCUT2D eigenvalue weighted by Crippen LogP contribution is 2.27. The number of fused-ring (bicyclic) bond motifs is 1. The molecule has 10 heteroatoms. The lowest BCUT2D eigenvalue weighted by molar-refractivity contribution is 0.121. The zero-order valence-corrected chi connectivity index (χ0v) is 15.9. The first-order valence-corrected chi connectivity index (χ1v) is 9.91. The van der Waals surface area contributed by atoms with Gasteiger partial charge >= 0.3 is 0 Å². The van der Waals surface area contributed by atoms with Gasteiger partial charge in [0, 0.05) is 39.3 Å². The number of anilines is 3. The molecule has 28 heavy (non-hydrogen) atoms. The topological polar surface area (TPSA) is 89.0 Å². The second-order valence-electron chi connectivity index (χ2n) is 7.05. The van der Waals surface area contributed by atoms with Crippen molar-refractivity contribution in [2.75, 3.05) is 93.6 Å². The molecule has 0 bridgehead atoms. The predicted octanol–water partition coefficient (Wildman–Crippen LogP) is -0.0704. The molecule has 0 aliphatic carbocycles. The Morgan fingerprint density at radius 3 is 1.75 bits per heavy atom. The number of aromatic nitrogens is 4. The lowest BCUT2D eigenvalue weighted by atomic mass is 10.3. The van der Waals surface area contributed by atoms with Crippen LogP contribution in [0.4, 0.5) is 17.7 Å². The minimum absolute atomic E-state index is 0.694. The zero-order chi connectivity index (χ0) is 18.8. The van der Waals surface area contributed by atoms with Crippen LogP contribution in [-0.4, -0.2) is 98.8 Å². The summed E-state index contributed by atoms with van der Waals surface area (Å²) in [4.78, 5) is 25.7. The standard InChI is InChI=1S/C18H25N7O3/c1-7-26-8-2-23(1)16-15-14(20-18(22-16)25-5-11-28-12-6-25)13-19-17(21-15)24-3-9-27-10-4-24/h13H,1-12H2. The van der Waals surface area contributed by atoms with E-state index in [0.29, 0.717) is 45.6 Å². The van der Waals surface area contributed by atoms with Crippen LogP contribution in [0.1, 0.15) is 0 Å². The summed E-state index contributed by atoms with van der Waals surface area (Å²) in [6, 6.07) is 0. The fourth-order valence-corrected chi connectivity index (χ4v) is 3.71. The minimum atomic E-state index is 0.694. The highest BCUT2D eigenvalue weighted by Gasteiger charge is 2.23. The maximum Gasteiger partial charge on any atom is 0.228 e. The summed E-state index contributed by atoms with van der Waals surface area (Å²) in [5.41, 5.74) is 1.57. The average Bonchev–Trinajstić information content (AvgIpc) is 2.80. The molecule has 3 saturated heterocycles. The van der Waals surface area contributed by atoms with Crippen molar-refractivity contribution in [2.45, 2.75) is 0 Å². The van der Waals surface area contributed by atoms with Crippen LogP contribution in [-0.2, 0) is 14.2 Å². The fraction of sp³-hybridized carbons (Fsp3) is 0.667. The SMILES string of the molecule is c1nc(N2CCOCC2)nc2c(N3CCOCC3)nc(N3CCOCC3)nc12. The summed E-state index contributed by atoms with van der Waals surface area (Å²) in [5, 5.41) is 0. The first-order chi connectivity index (χ1) is 13.9. The van der Waals surface area contributed by atoms with E-state index in [1.165, 1.54) is 0 Å². The van der Waals surface area contributed by atoms with Crippen molar-refractivity contribution in [1.82, 2.24) is 19.9 Å². The molecule has 2 aromatic heterocycles. The van der Waals surface area contributed by atoms with Gasteiger partial charge in [0.05, 0.1) is 45.8 Å². The van der Waals surface area contributed by atoms with Gasteiger partial charge in [-0.2, -0.15) is 4.98 Å². The monoisotopic (exact) mass is 387 g/mol. The van der Waals surface area contributed by atoms with Gasteiger partial charge in [-0.3, -0.25) is 0 Å². The van der Waals surface area contributed by atoms with E-state index in [1.807, 2.05) is 6.20 Å². The van der Waals surface area contributed by atoms with Crippen LogP contribution in [0.15, 0.2) is 6.20 Å². The molecule has 10 nitrogen and oxygen atoms in total. The molecule has 0 unspecified atom stereocenters. The number of nitrogens with zero attached hydrogens (tertiary/aromatic N) is 7. The Balaban J connectivity index is 1.56. The molecule has 0 N–H and O–H groups in total. The molecule has 0 spiro atoms. The quantitative estimate of drug-likeness (QED) is 0.713. The largest absolute Gasteiger partial charge is 0.378 e. The van der Waals surface area contributed by atoms with E-state index in [9.17, 15) is 0 Å². The van der Waals surface area contributed by atoms with Gasteiger partial charge in [-0.1, -0.05) is 0 Å². The second-order valence-corrected chi connectivity index (χ2v) is 7.05. The predicted molar refractivity (Wildman–Crippen MR) is 104 cm³/mol. The maximum atomic E-state index is 5.53. The lowest BCUT2D eigenvalue weighted by Crippen LogP contribution is -2.40. The van der Waals surface area contributed by atoms with Gasteiger partial charge in [-0.05, 0) is 0 Å². The summed E-state index contributed by atoms with van der Waals surface area (Å²) in [5.74, 6) is 2.31. The molecule has 5 heterocycles. The third-order valence-corrected chi connectivity index (χ3v) is 5.29. The van der Waals surface area contributed by atoms with Gasteiger partial charge < -0.3 is 28.9 Å². The number of rotatable bonds is 3. The minimum Gasteiger partial charge on any atom is -0.378 e. The molecule has 0 saturated carbocycles. The molecule has 2 aromatic rings. The van der Waals surface area contributed by atoms with Crippen LogP contribution in [0.2, 0.25) is 0 Å². The number of hydrogen-bond donors (Lipinski definition) is 0. The molecule has 3 fully saturated rings. The van der Waals surface area contributed by atoms with Crippen LogP contribution in [0, 0.1) is 0 Å². The molecule has 0 amide bonds. The van der Waals surface area contributed by atoms with E-state index >= 15 is 0 Å². The van der Waals surface area contributed by atoms with Crippen molar-refractivity contribution in [3.8, 4) is 0 Å². The van der Waals surface area contributed by atoms with E-state index in [-0.39, 0.29) is 0 Å². The first-order valence-electron chi connectivity index (χ1n) is 9.91. The summed E-state index contributed by atoms with van der Waals surface area (Å²) in [6.45, 7) is 8.95. The molecule has 0 radical (unpaired) electrons. The highest BCUT2D eigenvalue weighted by atomic mass is 16.5. The zero-order valence-electron chi connectivity index (χ0n) is 15.9. The Labute approximate surface area is 163 Å². The molecule has 0 atom stereocenters. The molecular weight excluding hydrogens is 362 g/mol. The van der Waals surface area contributed by atoms with Gasteiger partial charge in [0.25, 0.3) is 0 Å². The highest BCUT2D eigenvalue weighted by molar-refractivity contribution is 5.87. The van der Waals surface area contributed by atoms with E-state index in [0.717, 1.165) is 62.1 Å². The van der Waals surface area contributed by atoms with Crippen molar-refractivity contribution in [3.63, 3.8) is 0 Å². The third-order valence-electron chi connectivity index (χ3n) is 5.29. The average molecular weight is 387 g/mol. The van der Waals surface area contributed by atoms with Crippen molar-refractivity contribution in [1.29, 1.82) is 0 Å². The Bertz CT molecular complexity index is 818. The van der Waals surface area contributed by atoms with E-state index < -0.39 is 0 Å². The van der Waals surface area contributed by atoms with Gasteiger partial charge in [0.1, 0.15) is 11.0 Å². The molecule has 0 aromatic carbocycles. The number of ether oxygens (including phenoxy) is 3. The van der Waals surface area contributed by atoms with Crippen molar-refractivity contribution in [2.24, 2.45) is 0 Å². The van der Waals surface area contributed by atoms with Crippen molar-refractivity contribution in [3.05, 3.63) is 6.20 Å². The van der Waals surface area contributed by atoms with E-state index in [1.54, 1.807) is 0 Å². The van der Waals surface area contributed by atoms with Crippen LogP contribution in [0.3, 0.4) is 0 Å². The molecule has 150 valence electrons. The molecule has 5 rings (SSSR count). The van der Waals surface area contributed by atoms with Crippen LogP contribution in [0.25, 0.3) is 11.0 Å². The summed E-state index contributed by atoms with van der Waals surface area (Å²) >= 11 is 0. The number of morpholine rings is 3. The van der Waals surface area contributed by atoms with Gasteiger partial charge in [0.2, 0.25) is 11.9 Å². The van der Waals surface area contributed by atoms with Gasteiger partial charge in [-0.25, -0.2) is 15.0 Å². The van der Waals surface area contributed by atoms with E-state index in [4.69, 9.17) is 29.2 Å². The summed E-state index contributed by atoms with van der Waals surface area (Å²) in [7, 11) is 0. The Morgan fingerprint density at radius 2 is 1.14 bits per heavy atom. The van der Waals surface area contributed by atoms with E-state index in [2.05, 4.69) is 19.7 Å². The van der Waals surface area contributed by atoms with Crippen LogP contribution < -0.4 is 14.7 Å². The molecule has 3 aliphatic rings. The van der Waals surface area contributed by atoms with Gasteiger partial charge in [-0.15, -0.1) is 0 Å². The molecule has 3 aliphatic heterocycles. The fourth-order valence-electron chi connectivity index (χ4n) is 3.71. The van der Waals surface area contributed by atoms with Crippen molar-refractivity contribution < 1.29 is 14.2 Å². The normalized spacial score (nSPS) is 21.4. The van der Waals surface area contributed by atoms with Crippen LogP contribution in [0.5, 0.6) is 0 Å². The Morgan fingerprint density at radius 1 is 0.607 bits per heavy atom. The van der Waals surface area contributed by atoms with Crippen molar-refractivity contribution >= 4 is 28.7 Å². The maximum absolute atomic E-state index is 5.53. The lowest BCUT2D eigenvalue weighted by Gasteiger charge is -2.31. The summed E-state index contributed by atoms with van der Waals surface area (Å²) in [6.07, 6.45) is 1.82. The Hall–Kier alpha value is -2.30. The second kappa shape index (κ2) is 7.98. The molecular formula is C18H25N7O3. The smallest absolute Gasteiger partial charge is 0.228 e.